The first-order chi connectivity index (χ1) is 26.7. The molecule has 7 rings (SSSR count). The van der Waals surface area contributed by atoms with Gasteiger partial charge in [0.1, 0.15) is 11.4 Å². The minimum atomic E-state index is -0.337. The number of aliphatic imine (C=N–C) groups is 1. The van der Waals surface area contributed by atoms with Crippen molar-refractivity contribution in [2.75, 3.05) is 36.2 Å². The Morgan fingerprint density at radius 3 is 2.25 bits per heavy atom. The molecule has 5 aromatic rings. The second-order valence-corrected chi connectivity index (χ2v) is 13.5. The molecule has 1 saturated heterocycles. The lowest BCUT2D eigenvalue weighted by Gasteiger charge is -2.32. The number of nitrogens with one attached hydrogen (secondary N) is 3. The van der Waals surface area contributed by atoms with E-state index in [4.69, 9.17) is 9.47 Å². The highest BCUT2D eigenvalue weighted by molar-refractivity contribution is 6.06. The summed E-state index contributed by atoms with van der Waals surface area (Å²) in [5, 5.41) is 8.64. The maximum Gasteiger partial charge on any atom is 0.272 e. The van der Waals surface area contributed by atoms with Crippen molar-refractivity contribution in [3.8, 4) is 22.6 Å². The van der Waals surface area contributed by atoms with Crippen molar-refractivity contribution in [2.45, 2.75) is 38.1 Å². The summed E-state index contributed by atoms with van der Waals surface area (Å²) in [6.45, 7) is 0.948. The number of methoxy groups -OCH3 is 1. The minimum Gasteiger partial charge on any atom is -0.493 e. The minimum absolute atomic E-state index is 0.00625. The van der Waals surface area contributed by atoms with Crippen LogP contribution in [0.15, 0.2) is 90.4 Å². The molecule has 0 radical (unpaired) electrons. The third-order valence-corrected chi connectivity index (χ3v) is 9.69. The van der Waals surface area contributed by atoms with Gasteiger partial charge in [0.05, 0.1) is 36.7 Å². The molecule has 0 unspecified atom stereocenters. The summed E-state index contributed by atoms with van der Waals surface area (Å²) in [6.07, 6.45) is 12.2. The Morgan fingerprint density at radius 2 is 1.51 bits per heavy atom. The number of rotatable bonds is 12. The van der Waals surface area contributed by atoms with Crippen LogP contribution in [0.2, 0.25) is 0 Å². The van der Waals surface area contributed by atoms with Crippen LogP contribution >= 0.6 is 0 Å². The third-order valence-electron chi connectivity index (χ3n) is 9.69. The SMILES string of the molecule is COc1cc2c(cc1OCCCC(=O)Nc1cc(C(=O)Nc3ccc(-c4cc(C(=O)Nc5ccncc5)n(C)c4)cc3)n(C)c1)N=C[C@@H]1CCCCN1C2=O. The lowest BCUT2D eigenvalue weighted by atomic mass is 10.0. The maximum atomic E-state index is 13.3. The van der Waals surface area contributed by atoms with Gasteiger partial charge in [0.25, 0.3) is 17.7 Å². The monoisotopic (exact) mass is 742 g/mol. The van der Waals surface area contributed by atoms with E-state index < -0.39 is 0 Å². The molecular weight excluding hydrogens is 701 g/mol. The first kappa shape index (κ1) is 36.6. The molecule has 14 nitrogen and oxygen atoms in total. The van der Waals surface area contributed by atoms with Crippen LogP contribution in [0.5, 0.6) is 11.5 Å². The number of nitrogens with zero attached hydrogens (tertiary/aromatic N) is 5. The Labute approximate surface area is 318 Å². The lowest BCUT2D eigenvalue weighted by molar-refractivity contribution is -0.116. The van der Waals surface area contributed by atoms with E-state index in [1.165, 1.54) is 7.11 Å². The molecule has 2 aromatic carbocycles. The summed E-state index contributed by atoms with van der Waals surface area (Å²) in [4.78, 5) is 62.6. The van der Waals surface area contributed by atoms with Crippen molar-refractivity contribution >= 4 is 52.6 Å². The van der Waals surface area contributed by atoms with Crippen molar-refractivity contribution < 1.29 is 28.7 Å². The Bertz CT molecular complexity index is 2260. The van der Waals surface area contributed by atoms with Gasteiger partial charge in [-0.25, -0.2) is 0 Å². The molecule has 1 atom stereocenters. The standard InChI is InChI=1S/C41H42N8O6/c1-47-24-27(19-34(47)39(51)46-29-13-15-42-16-14-29)26-9-11-28(12-10-26)45-40(52)35-20-30(25-48(35)2)44-38(50)8-6-18-55-37-22-33-32(21-36(37)54-3)41(53)49-17-5-4-7-31(49)23-43-33/h9-16,19-25,31H,4-8,17-18H2,1-3H3,(H,44,50)(H,45,52)(H,42,46,51)/t31-/m0/s1. The molecule has 0 spiro atoms. The van der Waals surface area contributed by atoms with Crippen LogP contribution in [0.1, 0.15) is 63.4 Å². The summed E-state index contributed by atoms with van der Waals surface area (Å²) in [5.41, 5.74) is 5.36. The number of pyridine rings is 1. The van der Waals surface area contributed by atoms with Crippen molar-refractivity contribution in [3.05, 3.63) is 102 Å². The predicted octanol–water partition coefficient (Wildman–Crippen LogP) is 6.45. The molecular formula is C41H42N8O6. The Balaban J connectivity index is 0.900. The zero-order valence-corrected chi connectivity index (χ0v) is 30.9. The van der Waals surface area contributed by atoms with Crippen LogP contribution in [0, 0.1) is 0 Å². The fraction of sp³-hybridized carbons (Fsp3) is 0.268. The summed E-state index contributed by atoms with van der Waals surface area (Å²) < 4.78 is 14.9. The van der Waals surface area contributed by atoms with Gasteiger partial charge in [0.2, 0.25) is 5.91 Å². The fourth-order valence-corrected chi connectivity index (χ4v) is 6.80. The number of fused-ring (bicyclic) bond motifs is 2. The van der Waals surface area contributed by atoms with Gasteiger partial charge >= 0.3 is 0 Å². The number of ether oxygens (including phenoxy) is 2. The van der Waals surface area contributed by atoms with Crippen molar-refractivity contribution in [2.24, 2.45) is 19.1 Å². The molecule has 4 amide bonds. The third kappa shape index (κ3) is 8.28. The summed E-state index contributed by atoms with van der Waals surface area (Å²) in [7, 11) is 5.07. The summed E-state index contributed by atoms with van der Waals surface area (Å²) >= 11 is 0. The molecule has 14 heteroatoms. The molecule has 0 aliphatic carbocycles. The number of benzene rings is 2. The number of carbonyl (C=O) groups is 4. The van der Waals surface area contributed by atoms with E-state index in [2.05, 4.69) is 25.9 Å². The quantitative estimate of drug-likeness (QED) is 0.124. The smallest absolute Gasteiger partial charge is 0.272 e. The predicted molar refractivity (Wildman–Crippen MR) is 210 cm³/mol. The number of hydrogen-bond donors (Lipinski definition) is 3. The molecule has 2 aliphatic heterocycles. The van der Waals surface area contributed by atoms with Crippen molar-refractivity contribution in [1.29, 1.82) is 0 Å². The van der Waals surface area contributed by atoms with E-state index in [-0.39, 0.29) is 42.7 Å². The van der Waals surface area contributed by atoms with Crippen LogP contribution in [-0.4, -0.2) is 75.2 Å². The van der Waals surface area contributed by atoms with Crippen molar-refractivity contribution in [3.63, 3.8) is 0 Å². The molecule has 5 heterocycles. The highest BCUT2D eigenvalue weighted by Gasteiger charge is 2.31. The van der Waals surface area contributed by atoms with Crippen LogP contribution in [0.4, 0.5) is 22.7 Å². The maximum absolute atomic E-state index is 13.3. The molecule has 0 saturated carbocycles. The summed E-state index contributed by atoms with van der Waals surface area (Å²) in [5.74, 6) is 0.0316. The average molecular weight is 743 g/mol. The van der Waals surface area contributed by atoms with E-state index in [1.54, 1.807) is 77.2 Å². The van der Waals surface area contributed by atoms with Gasteiger partial charge in [-0.3, -0.25) is 29.2 Å². The first-order valence-corrected chi connectivity index (χ1v) is 18.1. The highest BCUT2D eigenvalue weighted by atomic mass is 16.5. The number of carbonyl (C=O) groups excluding carboxylic acids is 4. The van der Waals surface area contributed by atoms with E-state index in [1.807, 2.05) is 42.6 Å². The lowest BCUT2D eigenvalue weighted by Crippen LogP contribution is -2.43. The normalized spacial score (nSPS) is 14.7. The Hall–Kier alpha value is -6.70. The number of anilines is 3. The Morgan fingerprint density at radius 1 is 0.800 bits per heavy atom. The molecule has 55 heavy (non-hydrogen) atoms. The second-order valence-electron chi connectivity index (χ2n) is 13.5. The van der Waals surface area contributed by atoms with Gasteiger partial charge < -0.3 is 39.5 Å². The van der Waals surface area contributed by atoms with Gasteiger partial charge in [-0.15, -0.1) is 0 Å². The molecule has 2 aliphatic rings. The first-order valence-electron chi connectivity index (χ1n) is 18.1. The molecule has 3 aromatic heterocycles. The van der Waals surface area contributed by atoms with Crippen molar-refractivity contribution in [1.82, 2.24) is 19.0 Å². The molecule has 1 fully saturated rings. The number of aryl methyl sites for hydroxylation is 2. The number of hydrogen-bond acceptors (Lipinski definition) is 8. The average Bonchev–Trinajstić information content (AvgIpc) is 3.73. The van der Waals surface area contributed by atoms with Gasteiger partial charge in [-0.2, -0.15) is 0 Å². The van der Waals surface area contributed by atoms with Gasteiger partial charge in [-0.05, 0) is 73.7 Å². The Kier molecular flexibility index (Phi) is 10.7. The fourth-order valence-electron chi connectivity index (χ4n) is 6.80. The van der Waals surface area contributed by atoms with Crippen LogP contribution in [-0.2, 0) is 18.9 Å². The topological polar surface area (TPSA) is 161 Å². The van der Waals surface area contributed by atoms with Crippen LogP contribution in [0.3, 0.4) is 0 Å². The van der Waals surface area contributed by atoms with E-state index in [0.717, 1.165) is 30.4 Å². The van der Waals surface area contributed by atoms with Gasteiger partial charge in [0, 0.05) is 81.1 Å². The molecule has 3 N–H and O–H groups in total. The van der Waals surface area contributed by atoms with Gasteiger partial charge in [0.15, 0.2) is 11.5 Å². The number of amides is 4. The zero-order chi connectivity index (χ0) is 38.5. The largest absolute Gasteiger partial charge is 0.493 e. The summed E-state index contributed by atoms with van der Waals surface area (Å²) in [6, 6.07) is 17.6. The second kappa shape index (κ2) is 16.1. The highest BCUT2D eigenvalue weighted by Crippen LogP contribution is 2.38. The molecule has 282 valence electrons. The number of aromatic nitrogens is 3. The molecule has 0 bridgehead atoms. The zero-order valence-electron chi connectivity index (χ0n) is 30.9. The van der Waals surface area contributed by atoms with Crippen LogP contribution in [0.25, 0.3) is 11.1 Å². The van der Waals surface area contributed by atoms with E-state index in [0.29, 0.717) is 64.2 Å². The van der Waals surface area contributed by atoms with E-state index in [9.17, 15) is 19.2 Å². The number of piperidine rings is 1. The van der Waals surface area contributed by atoms with Crippen LogP contribution < -0.4 is 25.4 Å². The van der Waals surface area contributed by atoms with E-state index >= 15 is 0 Å². The van der Waals surface area contributed by atoms with Gasteiger partial charge in [-0.1, -0.05) is 12.1 Å².